The molecule has 0 heterocycles. The molecule has 0 saturated carbocycles. The third kappa shape index (κ3) is 2.56. The number of thioether (sulfide) groups is 1. The number of benzene rings is 1. The lowest BCUT2D eigenvalue weighted by atomic mass is 10.1. The lowest BCUT2D eigenvalue weighted by molar-refractivity contribution is -0.387. The number of carbonyl (C=O) groups is 1. The first-order chi connectivity index (χ1) is 7.10. The Labute approximate surface area is 91.8 Å². The molecule has 0 aliphatic rings. The Balaban J connectivity index is 3.19. The van der Waals surface area contributed by atoms with E-state index in [0.29, 0.717) is 16.9 Å². The monoisotopic (exact) mass is 225 g/mol. The average Bonchev–Trinajstić information content (AvgIpc) is 2.26. The second-order valence-corrected chi connectivity index (χ2v) is 3.77. The average molecular weight is 225 g/mol. The van der Waals surface area contributed by atoms with Crippen molar-refractivity contribution in [1.82, 2.24) is 0 Å². The van der Waals surface area contributed by atoms with E-state index in [1.165, 1.54) is 23.9 Å². The van der Waals surface area contributed by atoms with Crippen molar-refractivity contribution in [3.63, 3.8) is 0 Å². The summed E-state index contributed by atoms with van der Waals surface area (Å²) >= 11 is 1.27. The van der Waals surface area contributed by atoms with Gasteiger partial charge in [0, 0.05) is 18.1 Å². The first-order valence-corrected chi connectivity index (χ1v) is 5.68. The SMILES string of the molecule is CCC(=O)c1ccc([N+](=O)[O-])c(SC)c1. The normalized spacial score (nSPS) is 10.0. The van der Waals surface area contributed by atoms with Gasteiger partial charge < -0.3 is 0 Å². The summed E-state index contributed by atoms with van der Waals surface area (Å²) in [5.41, 5.74) is 0.586. The van der Waals surface area contributed by atoms with Gasteiger partial charge in [0.1, 0.15) is 0 Å². The van der Waals surface area contributed by atoms with Crippen molar-refractivity contribution >= 4 is 23.2 Å². The Morgan fingerprint density at radius 1 is 1.53 bits per heavy atom. The summed E-state index contributed by atoms with van der Waals surface area (Å²) in [4.78, 5) is 22.1. The number of carbonyl (C=O) groups excluding carboxylic acids is 1. The topological polar surface area (TPSA) is 60.2 Å². The van der Waals surface area contributed by atoms with Gasteiger partial charge in [-0.25, -0.2) is 0 Å². The van der Waals surface area contributed by atoms with Gasteiger partial charge in [-0.15, -0.1) is 11.8 Å². The van der Waals surface area contributed by atoms with Crippen molar-refractivity contribution in [3.05, 3.63) is 33.9 Å². The van der Waals surface area contributed by atoms with Crippen LogP contribution in [-0.2, 0) is 0 Å². The maximum Gasteiger partial charge on any atom is 0.282 e. The number of nitrogens with zero attached hydrogens (tertiary/aromatic N) is 1. The summed E-state index contributed by atoms with van der Waals surface area (Å²) in [6.07, 6.45) is 2.16. The lowest BCUT2D eigenvalue weighted by Gasteiger charge is -2.02. The Kier molecular flexibility index (Phi) is 3.85. The zero-order valence-electron chi connectivity index (χ0n) is 8.52. The number of Topliss-reactive ketones (excluding diaryl/α,β-unsaturated/α-hetero) is 1. The molecular weight excluding hydrogens is 214 g/mol. The van der Waals surface area contributed by atoms with Gasteiger partial charge in [-0.05, 0) is 18.4 Å². The van der Waals surface area contributed by atoms with E-state index < -0.39 is 4.92 Å². The van der Waals surface area contributed by atoms with Gasteiger partial charge in [0.05, 0.1) is 9.82 Å². The Hall–Kier alpha value is -1.36. The van der Waals surface area contributed by atoms with Crippen molar-refractivity contribution < 1.29 is 9.72 Å². The first-order valence-electron chi connectivity index (χ1n) is 4.45. The zero-order valence-corrected chi connectivity index (χ0v) is 9.34. The van der Waals surface area contributed by atoms with E-state index in [0.717, 1.165) is 0 Å². The summed E-state index contributed by atoms with van der Waals surface area (Å²) in [6.45, 7) is 1.77. The Morgan fingerprint density at radius 3 is 2.67 bits per heavy atom. The van der Waals surface area contributed by atoms with Crippen LogP contribution in [0, 0.1) is 10.1 Å². The molecule has 0 unspecified atom stereocenters. The van der Waals surface area contributed by atoms with Gasteiger partial charge >= 0.3 is 0 Å². The maximum atomic E-state index is 11.4. The highest BCUT2D eigenvalue weighted by molar-refractivity contribution is 7.98. The minimum Gasteiger partial charge on any atom is -0.294 e. The quantitative estimate of drug-likeness (QED) is 0.342. The highest BCUT2D eigenvalue weighted by Crippen LogP contribution is 2.28. The third-order valence-electron chi connectivity index (χ3n) is 2.02. The summed E-state index contributed by atoms with van der Waals surface area (Å²) in [5.74, 6) is 0.000183. The minimum absolute atomic E-state index is 0.000183. The van der Waals surface area contributed by atoms with Crippen molar-refractivity contribution in [1.29, 1.82) is 0 Å². The van der Waals surface area contributed by atoms with E-state index in [1.54, 1.807) is 19.2 Å². The highest BCUT2D eigenvalue weighted by Gasteiger charge is 2.15. The standard InChI is InChI=1S/C10H11NO3S/c1-3-9(12)7-4-5-8(11(13)14)10(6-7)15-2/h4-6H,3H2,1-2H3. The van der Waals surface area contributed by atoms with E-state index >= 15 is 0 Å². The summed E-state index contributed by atoms with van der Waals surface area (Å²) in [7, 11) is 0. The van der Waals surface area contributed by atoms with Crippen LogP contribution in [0.15, 0.2) is 23.1 Å². The molecule has 0 fully saturated rings. The fourth-order valence-corrected chi connectivity index (χ4v) is 1.80. The van der Waals surface area contributed by atoms with Gasteiger partial charge in [0.25, 0.3) is 5.69 Å². The van der Waals surface area contributed by atoms with Crippen LogP contribution in [0.1, 0.15) is 23.7 Å². The minimum atomic E-state index is -0.438. The van der Waals surface area contributed by atoms with E-state index in [-0.39, 0.29) is 11.5 Å². The molecule has 1 rings (SSSR count). The molecule has 0 aliphatic heterocycles. The second-order valence-electron chi connectivity index (χ2n) is 2.92. The van der Waals surface area contributed by atoms with E-state index in [9.17, 15) is 14.9 Å². The number of hydrogen-bond donors (Lipinski definition) is 0. The molecule has 80 valence electrons. The fourth-order valence-electron chi connectivity index (χ4n) is 1.21. The molecule has 15 heavy (non-hydrogen) atoms. The van der Waals surface area contributed by atoms with Crippen LogP contribution in [0.25, 0.3) is 0 Å². The van der Waals surface area contributed by atoms with Crippen LogP contribution in [-0.4, -0.2) is 17.0 Å². The molecule has 0 amide bonds. The van der Waals surface area contributed by atoms with Crippen LogP contribution in [0.4, 0.5) is 5.69 Å². The molecule has 0 bridgehead atoms. The molecule has 4 nitrogen and oxygen atoms in total. The summed E-state index contributed by atoms with van der Waals surface area (Å²) in [6, 6.07) is 4.47. The summed E-state index contributed by atoms with van der Waals surface area (Å²) in [5, 5.41) is 10.6. The van der Waals surface area contributed by atoms with Gasteiger partial charge in [-0.3, -0.25) is 14.9 Å². The van der Waals surface area contributed by atoms with Crippen LogP contribution >= 0.6 is 11.8 Å². The molecule has 0 aromatic heterocycles. The van der Waals surface area contributed by atoms with Crippen LogP contribution in [0.2, 0.25) is 0 Å². The Bertz CT molecular complexity index is 404. The number of ketones is 1. The molecule has 1 aromatic rings. The smallest absolute Gasteiger partial charge is 0.282 e. The summed E-state index contributed by atoms with van der Waals surface area (Å²) < 4.78 is 0. The molecule has 0 N–H and O–H groups in total. The van der Waals surface area contributed by atoms with E-state index in [1.807, 2.05) is 0 Å². The van der Waals surface area contributed by atoms with E-state index in [4.69, 9.17) is 0 Å². The maximum absolute atomic E-state index is 11.4. The lowest BCUT2D eigenvalue weighted by Crippen LogP contribution is -1.98. The zero-order chi connectivity index (χ0) is 11.4. The van der Waals surface area contributed by atoms with Gasteiger partial charge in [-0.2, -0.15) is 0 Å². The largest absolute Gasteiger partial charge is 0.294 e. The molecule has 1 aromatic carbocycles. The third-order valence-corrected chi connectivity index (χ3v) is 2.79. The Morgan fingerprint density at radius 2 is 2.20 bits per heavy atom. The molecule has 0 saturated heterocycles. The van der Waals surface area contributed by atoms with E-state index in [2.05, 4.69) is 0 Å². The van der Waals surface area contributed by atoms with Crippen molar-refractivity contribution in [2.75, 3.05) is 6.26 Å². The van der Waals surface area contributed by atoms with Gasteiger partial charge in [0.2, 0.25) is 0 Å². The van der Waals surface area contributed by atoms with Gasteiger partial charge in [0.15, 0.2) is 5.78 Å². The van der Waals surface area contributed by atoms with Crippen molar-refractivity contribution in [3.8, 4) is 0 Å². The van der Waals surface area contributed by atoms with Crippen LogP contribution < -0.4 is 0 Å². The number of hydrogen-bond acceptors (Lipinski definition) is 4. The fraction of sp³-hybridized carbons (Fsp3) is 0.300. The number of nitro groups is 1. The van der Waals surface area contributed by atoms with Crippen LogP contribution in [0.5, 0.6) is 0 Å². The first kappa shape index (κ1) is 11.7. The highest BCUT2D eigenvalue weighted by atomic mass is 32.2. The molecular formula is C10H11NO3S. The molecule has 0 spiro atoms. The second kappa shape index (κ2) is 4.93. The predicted octanol–water partition coefficient (Wildman–Crippen LogP) is 2.91. The predicted molar refractivity (Wildman–Crippen MR) is 59.5 cm³/mol. The molecule has 0 atom stereocenters. The van der Waals surface area contributed by atoms with Crippen molar-refractivity contribution in [2.24, 2.45) is 0 Å². The molecule has 0 aliphatic carbocycles. The van der Waals surface area contributed by atoms with Crippen molar-refractivity contribution in [2.45, 2.75) is 18.2 Å². The number of rotatable bonds is 4. The van der Waals surface area contributed by atoms with Gasteiger partial charge in [-0.1, -0.05) is 6.92 Å². The molecule has 0 radical (unpaired) electrons. The molecule has 5 heteroatoms. The number of nitro benzene ring substituents is 1. The van der Waals surface area contributed by atoms with Crippen LogP contribution in [0.3, 0.4) is 0 Å².